The molecule has 0 aliphatic heterocycles. The van der Waals surface area contributed by atoms with Crippen molar-refractivity contribution in [3.63, 3.8) is 0 Å². The van der Waals surface area contributed by atoms with Crippen LogP contribution in [0, 0.1) is 0 Å². The van der Waals surface area contributed by atoms with Gasteiger partial charge in [-0.1, -0.05) is 12.1 Å². The Kier molecular flexibility index (Phi) is 4.73. The summed E-state index contributed by atoms with van der Waals surface area (Å²) in [5, 5.41) is 3.37. The van der Waals surface area contributed by atoms with Gasteiger partial charge in [0.2, 0.25) is 5.91 Å². The molecule has 0 spiro atoms. The number of para-hydroxylation sites is 1. The van der Waals surface area contributed by atoms with Crippen LogP contribution < -0.4 is 16.6 Å². The second kappa shape index (κ2) is 7.36. The number of hydrogen-bond donors (Lipinski definition) is 4. The lowest BCUT2D eigenvalue weighted by Gasteiger charge is -2.23. The van der Waals surface area contributed by atoms with Crippen molar-refractivity contribution >= 4 is 33.5 Å². The summed E-state index contributed by atoms with van der Waals surface area (Å²) in [6.07, 6.45) is 0. The molecule has 0 aliphatic rings. The molecule has 2 aromatic carbocycles. The minimum atomic E-state index is -0.479. The van der Waals surface area contributed by atoms with Gasteiger partial charge in [0.05, 0.1) is 34.5 Å². The van der Waals surface area contributed by atoms with Gasteiger partial charge in [-0.15, -0.1) is 0 Å². The van der Waals surface area contributed by atoms with Crippen LogP contribution in [-0.2, 0) is 11.3 Å². The molecule has 4 rings (SSSR count). The molecule has 9 heteroatoms. The van der Waals surface area contributed by atoms with E-state index in [1.165, 1.54) is 0 Å². The van der Waals surface area contributed by atoms with Gasteiger partial charge in [-0.3, -0.25) is 14.5 Å². The minimum Gasteiger partial charge on any atom is -0.325 e. The number of H-pyrrole nitrogens is 3. The summed E-state index contributed by atoms with van der Waals surface area (Å²) in [5.74, 6) is 0.273. The number of benzene rings is 2. The van der Waals surface area contributed by atoms with Crippen LogP contribution in [0.15, 0.2) is 52.1 Å². The van der Waals surface area contributed by atoms with Crippen molar-refractivity contribution in [2.75, 3.05) is 12.4 Å². The van der Waals surface area contributed by atoms with E-state index in [4.69, 9.17) is 0 Å². The van der Waals surface area contributed by atoms with Crippen molar-refractivity contribution in [1.29, 1.82) is 0 Å². The van der Waals surface area contributed by atoms with E-state index in [2.05, 4.69) is 25.3 Å². The fourth-order valence-corrected chi connectivity index (χ4v) is 3.14. The molecule has 9 nitrogen and oxygen atoms in total. The van der Waals surface area contributed by atoms with Gasteiger partial charge in [0.25, 0.3) is 5.56 Å². The quantitative estimate of drug-likeness (QED) is 0.410. The van der Waals surface area contributed by atoms with Gasteiger partial charge >= 0.3 is 5.69 Å². The van der Waals surface area contributed by atoms with Gasteiger partial charge < -0.3 is 20.3 Å². The van der Waals surface area contributed by atoms with Gasteiger partial charge in [0.1, 0.15) is 5.82 Å². The smallest absolute Gasteiger partial charge is 0.323 e. The fourth-order valence-electron chi connectivity index (χ4n) is 3.14. The highest BCUT2D eigenvalue weighted by Crippen LogP contribution is 2.15. The normalized spacial score (nSPS) is 12.5. The predicted molar refractivity (Wildman–Crippen MR) is 111 cm³/mol. The van der Waals surface area contributed by atoms with Crippen molar-refractivity contribution in [3.05, 3.63) is 69.1 Å². The zero-order chi connectivity index (χ0) is 20.5. The molecule has 1 amide bonds. The van der Waals surface area contributed by atoms with Crippen LogP contribution in [0.2, 0.25) is 0 Å². The molecule has 1 atom stereocenters. The van der Waals surface area contributed by atoms with Crippen LogP contribution >= 0.6 is 0 Å². The van der Waals surface area contributed by atoms with Gasteiger partial charge in [0, 0.05) is 5.69 Å². The van der Waals surface area contributed by atoms with E-state index in [1.807, 2.05) is 6.07 Å². The molecule has 1 unspecified atom stereocenters. The maximum Gasteiger partial charge on any atom is 0.323 e. The van der Waals surface area contributed by atoms with Crippen LogP contribution in [0.25, 0.3) is 21.9 Å². The number of carbonyl (C=O) groups is 1. The van der Waals surface area contributed by atoms with Gasteiger partial charge in [0.15, 0.2) is 0 Å². The summed E-state index contributed by atoms with van der Waals surface area (Å²) in [4.78, 5) is 50.6. The number of aromatic amines is 3. The number of anilines is 1. The van der Waals surface area contributed by atoms with E-state index < -0.39 is 6.04 Å². The lowest BCUT2D eigenvalue weighted by molar-refractivity contribution is -0.120. The Labute approximate surface area is 164 Å². The molecule has 4 N–H and O–H groups in total. The largest absolute Gasteiger partial charge is 0.325 e. The average molecular weight is 392 g/mol. The third-order valence-corrected chi connectivity index (χ3v) is 4.89. The van der Waals surface area contributed by atoms with Crippen LogP contribution in [-0.4, -0.2) is 43.8 Å². The van der Waals surface area contributed by atoms with Crippen LogP contribution in [0.3, 0.4) is 0 Å². The molecular formula is C20H20N6O3. The highest BCUT2D eigenvalue weighted by atomic mass is 16.2. The monoisotopic (exact) mass is 392 g/mol. The van der Waals surface area contributed by atoms with E-state index in [0.29, 0.717) is 40.0 Å². The number of likely N-dealkylation sites (N-methyl/N-ethyl adjacent to an activating group) is 1. The minimum absolute atomic E-state index is 0.204. The maximum atomic E-state index is 12.6. The topological polar surface area (TPSA) is 127 Å². The molecule has 0 bridgehead atoms. The average Bonchev–Trinajstić information content (AvgIpc) is 3.06. The Bertz CT molecular complexity index is 1320. The first-order valence-electron chi connectivity index (χ1n) is 9.12. The molecule has 29 heavy (non-hydrogen) atoms. The summed E-state index contributed by atoms with van der Waals surface area (Å²) < 4.78 is 0. The lowest BCUT2D eigenvalue weighted by atomic mass is 10.2. The molecule has 0 saturated heterocycles. The van der Waals surface area contributed by atoms with Crippen molar-refractivity contribution in [3.8, 4) is 0 Å². The number of amides is 1. The lowest BCUT2D eigenvalue weighted by Crippen LogP contribution is -2.39. The molecular weight excluding hydrogens is 372 g/mol. The van der Waals surface area contributed by atoms with Crippen LogP contribution in [0.4, 0.5) is 5.69 Å². The molecule has 0 fully saturated rings. The third-order valence-electron chi connectivity index (χ3n) is 4.89. The zero-order valence-electron chi connectivity index (χ0n) is 15.9. The molecule has 0 radical (unpaired) electrons. The standard InChI is InChI=1S/C20H20N6O3/c1-11(18(27)21-12-7-8-15-16(9-12)24-20(29)23-15)26(2)10-17-22-14-6-4-3-5-13(14)19(28)25-17/h3-9,11H,10H2,1-2H3,(H,21,27)(H,22,25,28)(H2,23,24,29). The molecule has 4 aromatic rings. The first-order chi connectivity index (χ1) is 13.9. The number of hydrogen-bond acceptors (Lipinski definition) is 5. The van der Waals surface area contributed by atoms with Gasteiger partial charge in [-0.25, -0.2) is 9.78 Å². The molecule has 0 aliphatic carbocycles. The van der Waals surface area contributed by atoms with Crippen molar-refractivity contribution in [2.45, 2.75) is 19.5 Å². The van der Waals surface area contributed by atoms with Crippen molar-refractivity contribution < 1.29 is 4.79 Å². The van der Waals surface area contributed by atoms with E-state index in [-0.39, 0.29) is 17.2 Å². The Balaban J connectivity index is 1.47. The van der Waals surface area contributed by atoms with E-state index in [1.54, 1.807) is 55.3 Å². The number of fused-ring (bicyclic) bond motifs is 2. The number of carbonyl (C=O) groups excluding carboxylic acids is 1. The number of rotatable bonds is 5. The van der Waals surface area contributed by atoms with Gasteiger partial charge in [-0.2, -0.15) is 0 Å². The van der Waals surface area contributed by atoms with E-state index in [0.717, 1.165) is 0 Å². The zero-order valence-corrected chi connectivity index (χ0v) is 15.9. The summed E-state index contributed by atoms with van der Waals surface area (Å²) >= 11 is 0. The second-order valence-electron chi connectivity index (χ2n) is 6.95. The fraction of sp³-hybridized carbons (Fsp3) is 0.200. The van der Waals surface area contributed by atoms with Crippen LogP contribution in [0.1, 0.15) is 12.7 Å². The Hall–Kier alpha value is -3.72. The molecule has 148 valence electrons. The van der Waals surface area contributed by atoms with Gasteiger partial charge in [-0.05, 0) is 44.3 Å². The van der Waals surface area contributed by atoms with E-state index >= 15 is 0 Å². The number of aromatic nitrogens is 4. The van der Waals surface area contributed by atoms with Crippen molar-refractivity contribution in [1.82, 2.24) is 24.8 Å². The first kappa shape index (κ1) is 18.6. The number of imidazole rings is 1. The van der Waals surface area contributed by atoms with Crippen LogP contribution in [0.5, 0.6) is 0 Å². The second-order valence-corrected chi connectivity index (χ2v) is 6.95. The predicted octanol–water partition coefficient (Wildman–Crippen LogP) is 1.55. The van der Waals surface area contributed by atoms with Crippen molar-refractivity contribution in [2.24, 2.45) is 0 Å². The molecule has 0 saturated carbocycles. The number of nitrogens with one attached hydrogen (secondary N) is 4. The SMILES string of the molecule is CC(C(=O)Nc1ccc2[nH]c(=O)[nH]c2c1)N(C)Cc1nc2ccccc2c(=O)[nH]1. The maximum absolute atomic E-state index is 12.6. The Morgan fingerprint density at radius 1 is 1.10 bits per heavy atom. The molecule has 2 aromatic heterocycles. The third kappa shape index (κ3) is 3.81. The highest BCUT2D eigenvalue weighted by Gasteiger charge is 2.19. The highest BCUT2D eigenvalue weighted by molar-refractivity contribution is 5.96. The summed E-state index contributed by atoms with van der Waals surface area (Å²) in [6.45, 7) is 2.07. The first-order valence-corrected chi connectivity index (χ1v) is 9.12. The Morgan fingerprint density at radius 3 is 2.69 bits per heavy atom. The number of nitrogens with zero attached hydrogens (tertiary/aromatic N) is 2. The summed E-state index contributed by atoms with van der Waals surface area (Å²) in [7, 11) is 1.78. The van der Waals surface area contributed by atoms with E-state index in [9.17, 15) is 14.4 Å². The summed E-state index contributed by atoms with van der Waals surface area (Å²) in [5.41, 5.74) is 1.98. The Morgan fingerprint density at radius 2 is 1.86 bits per heavy atom. The summed E-state index contributed by atoms with van der Waals surface area (Å²) in [6, 6.07) is 11.8. The molecule has 2 heterocycles.